The van der Waals surface area contributed by atoms with Gasteiger partial charge in [0.2, 0.25) is 10.0 Å². The van der Waals surface area contributed by atoms with Gasteiger partial charge in [0.1, 0.15) is 0 Å². The third-order valence-corrected chi connectivity index (χ3v) is 7.40. The van der Waals surface area contributed by atoms with Crippen molar-refractivity contribution in [3.05, 3.63) is 16.1 Å². The van der Waals surface area contributed by atoms with Gasteiger partial charge in [-0.2, -0.15) is 4.31 Å². The van der Waals surface area contributed by atoms with Crippen LogP contribution in [0.25, 0.3) is 0 Å². The van der Waals surface area contributed by atoms with E-state index in [2.05, 4.69) is 20.6 Å². The van der Waals surface area contributed by atoms with Gasteiger partial charge in [0, 0.05) is 56.8 Å². The lowest BCUT2D eigenvalue weighted by Gasteiger charge is -2.36. The van der Waals surface area contributed by atoms with Crippen LogP contribution in [0.3, 0.4) is 0 Å². The van der Waals surface area contributed by atoms with E-state index in [1.807, 2.05) is 27.7 Å². The highest BCUT2D eigenvalue weighted by Gasteiger charge is 2.27. The van der Waals surface area contributed by atoms with Crippen LogP contribution in [0.4, 0.5) is 0 Å². The van der Waals surface area contributed by atoms with Crippen molar-refractivity contribution in [2.45, 2.75) is 46.6 Å². The number of halogens is 1. The number of ether oxygens (including phenoxy) is 1. The molecule has 1 aliphatic heterocycles. The zero-order valence-electron chi connectivity index (χ0n) is 18.5. The molecule has 1 aliphatic rings. The maximum atomic E-state index is 12.5. The first-order chi connectivity index (χ1) is 13.8. The summed E-state index contributed by atoms with van der Waals surface area (Å²) in [5.41, 5.74) is 1.07. The van der Waals surface area contributed by atoms with Gasteiger partial charge in [-0.25, -0.2) is 13.4 Å². The van der Waals surface area contributed by atoms with E-state index in [1.54, 1.807) is 15.6 Å². The standard InChI is InChI=1S/C19H35N5O3S2.HI/c1-5-20-19(21-8-6-7-18-22-17(4)15-28-18)23-9-11-24(12-10-23)29(25,26)14-13-27-16(2)3;/h15-16H,5-14H2,1-4H3,(H,20,21);1H. The molecule has 1 fully saturated rings. The topological polar surface area (TPSA) is 87.1 Å². The molecule has 174 valence electrons. The summed E-state index contributed by atoms with van der Waals surface area (Å²) < 4.78 is 32.0. The van der Waals surface area contributed by atoms with Crippen LogP contribution in [0, 0.1) is 6.92 Å². The number of guanidine groups is 1. The van der Waals surface area contributed by atoms with Crippen LogP contribution >= 0.6 is 35.3 Å². The highest BCUT2D eigenvalue weighted by Crippen LogP contribution is 2.12. The van der Waals surface area contributed by atoms with Crippen LogP contribution in [-0.2, 0) is 21.2 Å². The first-order valence-corrected chi connectivity index (χ1v) is 12.8. The van der Waals surface area contributed by atoms with Crippen LogP contribution in [0.15, 0.2) is 10.4 Å². The van der Waals surface area contributed by atoms with E-state index in [4.69, 9.17) is 9.73 Å². The minimum Gasteiger partial charge on any atom is -0.378 e. The van der Waals surface area contributed by atoms with E-state index in [0.29, 0.717) is 26.2 Å². The van der Waals surface area contributed by atoms with Gasteiger partial charge < -0.3 is 15.0 Å². The molecule has 0 bridgehead atoms. The van der Waals surface area contributed by atoms with Crippen molar-refractivity contribution in [3.8, 4) is 0 Å². The number of thiazole rings is 1. The van der Waals surface area contributed by atoms with Gasteiger partial charge in [-0.05, 0) is 34.1 Å². The van der Waals surface area contributed by atoms with Crippen molar-refractivity contribution in [1.29, 1.82) is 0 Å². The third kappa shape index (κ3) is 9.33. The average molecular weight is 574 g/mol. The molecule has 0 unspecified atom stereocenters. The van der Waals surface area contributed by atoms with Gasteiger partial charge in [0.05, 0.1) is 23.5 Å². The lowest BCUT2D eigenvalue weighted by Crippen LogP contribution is -2.54. The number of rotatable bonds is 10. The van der Waals surface area contributed by atoms with Crippen LogP contribution in [-0.4, -0.2) is 86.3 Å². The maximum absolute atomic E-state index is 12.5. The predicted molar refractivity (Wildman–Crippen MR) is 135 cm³/mol. The second-order valence-corrected chi connectivity index (χ2v) is 10.4. The number of aryl methyl sites for hydroxylation is 2. The number of hydrogen-bond donors (Lipinski definition) is 1. The molecule has 1 saturated heterocycles. The number of nitrogens with one attached hydrogen (secondary N) is 1. The van der Waals surface area contributed by atoms with E-state index >= 15 is 0 Å². The van der Waals surface area contributed by atoms with Crippen molar-refractivity contribution >= 4 is 51.3 Å². The van der Waals surface area contributed by atoms with E-state index < -0.39 is 10.0 Å². The summed E-state index contributed by atoms with van der Waals surface area (Å²) in [7, 11) is -3.27. The SMILES string of the molecule is CCNC(=NCCCc1nc(C)cs1)N1CCN(S(=O)(=O)CCOC(C)C)CC1.I. The zero-order valence-corrected chi connectivity index (χ0v) is 22.4. The monoisotopic (exact) mass is 573 g/mol. The molecule has 1 N–H and O–H groups in total. The van der Waals surface area contributed by atoms with E-state index in [-0.39, 0.29) is 42.4 Å². The number of piperazine rings is 1. The molecule has 30 heavy (non-hydrogen) atoms. The Balaban J connectivity index is 0.00000450. The van der Waals surface area contributed by atoms with E-state index in [1.165, 1.54) is 0 Å². The second kappa shape index (κ2) is 13.8. The van der Waals surface area contributed by atoms with Crippen molar-refractivity contribution < 1.29 is 13.2 Å². The lowest BCUT2D eigenvalue weighted by atomic mass is 10.3. The van der Waals surface area contributed by atoms with Crippen LogP contribution < -0.4 is 5.32 Å². The summed E-state index contributed by atoms with van der Waals surface area (Å²) in [4.78, 5) is 11.4. The fraction of sp³-hybridized carbons (Fsp3) is 0.789. The van der Waals surface area contributed by atoms with Gasteiger partial charge in [0.25, 0.3) is 0 Å². The third-order valence-electron chi connectivity index (χ3n) is 4.54. The molecule has 11 heteroatoms. The number of hydrogen-bond acceptors (Lipinski definition) is 6. The Kier molecular flexibility index (Phi) is 12.7. The first kappa shape index (κ1) is 27.5. The molecule has 8 nitrogen and oxygen atoms in total. The summed E-state index contributed by atoms with van der Waals surface area (Å²) in [6, 6.07) is 0. The van der Waals surface area contributed by atoms with Crippen molar-refractivity contribution in [3.63, 3.8) is 0 Å². The predicted octanol–water partition coefficient (Wildman–Crippen LogP) is 2.34. The maximum Gasteiger partial charge on any atom is 0.216 e. The average Bonchev–Trinajstić information content (AvgIpc) is 3.09. The van der Waals surface area contributed by atoms with Crippen LogP contribution in [0.1, 0.15) is 37.9 Å². The molecule has 2 rings (SSSR count). The van der Waals surface area contributed by atoms with Crippen LogP contribution in [0.5, 0.6) is 0 Å². The molecule has 0 atom stereocenters. The Hall–Kier alpha value is -0.500. The lowest BCUT2D eigenvalue weighted by molar-refractivity contribution is 0.0904. The Labute approximate surface area is 202 Å². The summed E-state index contributed by atoms with van der Waals surface area (Å²) >= 11 is 1.70. The van der Waals surface area contributed by atoms with Crippen molar-refractivity contribution in [2.24, 2.45) is 4.99 Å². The quantitative estimate of drug-likeness (QED) is 0.200. The summed E-state index contributed by atoms with van der Waals surface area (Å²) in [6.07, 6.45) is 1.93. The van der Waals surface area contributed by atoms with Gasteiger partial charge in [0.15, 0.2) is 5.96 Å². The largest absolute Gasteiger partial charge is 0.378 e. The highest BCUT2D eigenvalue weighted by atomic mass is 127. The fourth-order valence-electron chi connectivity index (χ4n) is 3.05. The molecule has 1 aromatic rings. The van der Waals surface area contributed by atoms with Gasteiger partial charge >= 0.3 is 0 Å². The van der Waals surface area contributed by atoms with Gasteiger partial charge in [-0.3, -0.25) is 4.99 Å². The molecular formula is C19H36IN5O3S2. The summed E-state index contributed by atoms with van der Waals surface area (Å²) in [6.45, 7) is 11.9. The number of aliphatic imine (C=N–C) groups is 1. The Morgan fingerprint density at radius 3 is 2.60 bits per heavy atom. The minimum atomic E-state index is -3.27. The molecule has 0 radical (unpaired) electrons. The van der Waals surface area contributed by atoms with Crippen molar-refractivity contribution in [1.82, 2.24) is 19.5 Å². The molecule has 0 aliphatic carbocycles. The fourth-order valence-corrected chi connectivity index (χ4v) is 5.16. The Morgan fingerprint density at radius 2 is 2.03 bits per heavy atom. The molecule has 0 spiro atoms. The van der Waals surface area contributed by atoms with Gasteiger partial charge in [-0.1, -0.05) is 0 Å². The zero-order chi connectivity index (χ0) is 21.3. The molecule has 0 aromatic carbocycles. The van der Waals surface area contributed by atoms with Crippen LogP contribution in [0.2, 0.25) is 0 Å². The molecular weight excluding hydrogens is 537 g/mol. The van der Waals surface area contributed by atoms with Gasteiger partial charge in [-0.15, -0.1) is 35.3 Å². The minimum absolute atomic E-state index is 0. The molecule has 1 aromatic heterocycles. The van der Waals surface area contributed by atoms with E-state index in [0.717, 1.165) is 42.6 Å². The number of aromatic nitrogens is 1. The highest BCUT2D eigenvalue weighted by molar-refractivity contribution is 14.0. The molecule has 2 heterocycles. The normalized spacial score (nSPS) is 16.0. The first-order valence-electron chi connectivity index (χ1n) is 10.4. The smallest absolute Gasteiger partial charge is 0.216 e. The Morgan fingerprint density at radius 1 is 1.33 bits per heavy atom. The van der Waals surface area contributed by atoms with E-state index in [9.17, 15) is 8.42 Å². The molecule has 0 amide bonds. The molecule has 0 saturated carbocycles. The Bertz CT molecular complexity index is 747. The second-order valence-electron chi connectivity index (χ2n) is 7.34. The number of sulfonamides is 1. The van der Waals surface area contributed by atoms with Crippen molar-refractivity contribution in [2.75, 3.05) is 51.6 Å². The number of nitrogens with zero attached hydrogens (tertiary/aromatic N) is 4. The summed E-state index contributed by atoms with van der Waals surface area (Å²) in [5.74, 6) is 0.901. The summed E-state index contributed by atoms with van der Waals surface area (Å²) in [5, 5.41) is 6.56.